The highest BCUT2D eigenvalue weighted by Crippen LogP contribution is 2.27. The average molecular weight is 363 g/mol. The molecule has 7 nitrogen and oxygen atoms in total. The number of fused-ring (bicyclic) bond motifs is 1. The van der Waals surface area contributed by atoms with E-state index >= 15 is 0 Å². The van der Waals surface area contributed by atoms with Crippen LogP contribution in [0.1, 0.15) is 5.56 Å². The highest BCUT2D eigenvalue weighted by Gasteiger charge is 2.06. The van der Waals surface area contributed by atoms with Gasteiger partial charge in [-0.05, 0) is 35.0 Å². The van der Waals surface area contributed by atoms with E-state index < -0.39 is 7.82 Å². The summed E-state index contributed by atoms with van der Waals surface area (Å²) in [5, 5.41) is 12.1. The molecule has 0 radical (unpaired) electrons. The molecule has 0 aliphatic rings. The number of nitrogens with two attached hydrogens (primary N) is 1. The van der Waals surface area contributed by atoms with Crippen LogP contribution >= 0.6 is 7.82 Å². The van der Waals surface area contributed by atoms with Gasteiger partial charge in [0.1, 0.15) is 18.1 Å². The molecule has 0 amide bonds. The molecule has 0 saturated carbocycles. The SMILES string of the molecule is Nc1ccccc1OCc1cc2ccccc2cc1O.O=P(O)(O)O. The number of phenolic OH excluding ortho intramolecular Hbond substituents is 1. The summed E-state index contributed by atoms with van der Waals surface area (Å²) in [6, 6.07) is 18.9. The van der Waals surface area contributed by atoms with Gasteiger partial charge < -0.3 is 30.3 Å². The van der Waals surface area contributed by atoms with Crippen molar-refractivity contribution < 1.29 is 29.1 Å². The minimum absolute atomic E-state index is 0.234. The number of para-hydroxylation sites is 2. The van der Waals surface area contributed by atoms with Crippen molar-refractivity contribution in [3.8, 4) is 11.5 Å². The highest BCUT2D eigenvalue weighted by molar-refractivity contribution is 7.45. The molecule has 3 aromatic carbocycles. The Morgan fingerprint density at radius 1 is 0.920 bits per heavy atom. The van der Waals surface area contributed by atoms with Crippen molar-refractivity contribution in [1.82, 2.24) is 0 Å². The summed E-state index contributed by atoms with van der Waals surface area (Å²) in [5.74, 6) is 0.860. The number of hydrogen-bond donors (Lipinski definition) is 5. The first-order valence-electron chi connectivity index (χ1n) is 7.20. The Morgan fingerprint density at radius 2 is 1.44 bits per heavy atom. The van der Waals surface area contributed by atoms with Crippen molar-refractivity contribution in [2.45, 2.75) is 6.61 Å². The van der Waals surface area contributed by atoms with Gasteiger partial charge in [0.25, 0.3) is 0 Å². The Bertz CT molecular complexity index is 900. The lowest BCUT2D eigenvalue weighted by atomic mass is 10.1. The van der Waals surface area contributed by atoms with Crippen LogP contribution in [0, 0.1) is 0 Å². The summed E-state index contributed by atoms with van der Waals surface area (Å²) in [5.41, 5.74) is 7.16. The number of rotatable bonds is 3. The molecule has 132 valence electrons. The predicted molar refractivity (Wildman–Crippen MR) is 95.1 cm³/mol. The van der Waals surface area contributed by atoms with Crippen LogP contribution in [-0.2, 0) is 11.2 Å². The standard InChI is InChI=1S/C17H15NO2.H3O4P/c18-15-7-3-4-8-17(15)20-11-14-9-12-5-1-2-6-13(12)10-16(14)19;1-5(2,3)4/h1-10,19H,11,18H2;(H3,1,2,3,4). The van der Waals surface area contributed by atoms with E-state index in [2.05, 4.69) is 0 Å². The third-order valence-corrected chi connectivity index (χ3v) is 3.25. The fourth-order valence-corrected chi connectivity index (χ4v) is 2.16. The number of phenols is 1. The number of phosphoric acid groups is 1. The van der Waals surface area contributed by atoms with Gasteiger partial charge in [-0.15, -0.1) is 0 Å². The summed E-state index contributed by atoms with van der Waals surface area (Å²) >= 11 is 0. The van der Waals surface area contributed by atoms with Crippen molar-refractivity contribution >= 4 is 24.3 Å². The maximum absolute atomic E-state index is 10.0. The van der Waals surface area contributed by atoms with E-state index in [4.69, 9.17) is 29.7 Å². The summed E-state index contributed by atoms with van der Waals surface area (Å²) in [6.07, 6.45) is 0. The fraction of sp³-hybridized carbons (Fsp3) is 0.0588. The molecule has 0 spiro atoms. The highest BCUT2D eigenvalue weighted by atomic mass is 31.2. The van der Waals surface area contributed by atoms with Crippen molar-refractivity contribution in [3.05, 3.63) is 66.2 Å². The maximum atomic E-state index is 10.0. The second-order valence-corrected chi connectivity index (χ2v) is 6.19. The minimum atomic E-state index is -4.64. The molecule has 0 aliphatic heterocycles. The largest absolute Gasteiger partial charge is 0.508 e. The summed E-state index contributed by atoms with van der Waals surface area (Å²) in [6.45, 7) is 0.283. The fourth-order valence-electron chi connectivity index (χ4n) is 2.16. The molecule has 0 aromatic heterocycles. The molecule has 0 saturated heterocycles. The molecule has 0 heterocycles. The molecule has 0 aliphatic carbocycles. The predicted octanol–water partition coefficient (Wildman–Crippen LogP) is 2.78. The van der Waals surface area contributed by atoms with Crippen molar-refractivity contribution in [2.24, 2.45) is 0 Å². The smallest absolute Gasteiger partial charge is 0.466 e. The quantitative estimate of drug-likeness (QED) is 0.357. The molecular weight excluding hydrogens is 345 g/mol. The minimum Gasteiger partial charge on any atom is -0.508 e. The molecule has 3 aromatic rings. The van der Waals surface area contributed by atoms with Crippen LogP contribution in [0.25, 0.3) is 10.8 Å². The first-order chi connectivity index (χ1) is 11.7. The third-order valence-electron chi connectivity index (χ3n) is 3.25. The lowest BCUT2D eigenvalue weighted by Gasteiger charge is -2.10. The maximum Gasteiger partial charge on any atom is 0.466 e. The van der Waals surface area contributed by atoms with E-state index in [0.29, 0.717) is 11.4 Å². The van der Waals surface area contributed by atoms with Crippen LogP contribution in [0.2, 0.25) is 0 Å². The lowest BCUT2D eigenvalue weighted by Crippen LogP contribution is -1.99. The number of aromatic hydroxyl groups is 1. The topological polar surface area (TPSA) is 133 Å². The first kappa shape index (κ1) is 18.8. The van der Waals surface area contributed by atoms with Crippen molar-refractivity contribution in [2.75, 3.05) is 5.73 Å². The van der Waals surface area contributed by atoms with Gasteiger partial charge >= 0.3 is 7.82 Å². The third kappa shape index (κ3) is 6.10. The van der Waals surface area contributed by atoms with Crippen LogP contribution < -0.4 is 10.5 Å². The average Bonchev–Trinajstić information content (AvgIpc) is 2.52. The van der Waals surface area contributed by atoms with Crippen molar-refractivity contribution in [3.63, 3.8) is 0 Å². The zero-order chi connectivity index (χ0) is 18.4. The van der Waals surface area contributed by atoms with Gasteiger partial charge in [0.05, 0.1) is 5.69 Å². The number of nitrogen functional groups attached to an aromatic ring is 1. The van der Waals surface area contributed by atoms with E-state index in [-0.39, 0.29) is 12.4 Å². The van der Waals surface area contributed by atoms with Crippen LogP contribution in [0.15, 0.2) is 60.7 Å². The zero-order valence-corrected chi connectivity index (χ0v) is 14.0. The van der Waals surface area contributed by atoms with Gasteiger partial charge in [-0.2, -0.15) is 0 Å². The first-order valence-corrected chi connectivity index (χ1v) is 8.77. The molecule has 0 fully saturated rings. The number of ether oxygens (including phenoxy) is 1. The summed E-state index contributed by atoms with van der Waals surface area (Å²) in [7, 11) is -4.64. The van der Waals surface area contributed by atoms with Gasteiger partial charge in [-0.25, -0.2) is 4.57 Å². The monoisotopic (exact) mass is 363 g/mol. The summed E-state index contributed by atoms with van der Waals surface area (Å²) < 4.78 is 14.5. The van der Waals surface area contributed by atoms with E-state index in [1.807, 2.05) is 48.5 Å². The lowest BCUT2D eigenvalue weighted by molar-refractivity contribution is 0.275. The number of hydrogen-bond acceptors (Lipinski definition) is 4. The van der Waals surface area contributed by atoms with Crippen LogP contribution in [0.3, 0.4) is 0 Å². The number of anilines is 1. The normalized spacial score (nSPS) is 10.8. The second kappa shape index (κ2) is 8.00. The Hall–Kier alpha value is -2.57. The van der Waals surface area contributed by atoms with Gasteiger partial charge in [-0.1, -0.05) is 36.4 Å². The van der Waals surface area contributed by atoms with E-state index in [1.54, 1.807) is 12.1 Å². The molecule has 6 N–H and O–H groups in total. The zero-order valence-electron chi connectivity index (χ0n) is 13.1. The van der Waals surface area contributed by atoms with E-state index in [9.17, 15) is 5.11 Å². The van der Waals surface area contributed by atoms with Crippen LogP contribution in [-0.4, -0.2) is 19.8 Å². The van der Waals surface area contributed by atoms with Crippen LogP contribution in [0.4, 0.5) is 5.69 Å². The number of benzene rings is 3. The van der Waals surface area contributed by atoms with Gasteiger partial charge in [0.2, 0.25) is 0 Å². The molecule has 8 heteroatoms. The molecular formula is C17H18NO6P. The molecule has 25 heavy (non-hydrogen) atoms. The van der Waals surface area contributed by atoms with Crippen LogP contribution in [0.5, 0.6) is 11.5 Å². The molecule has 3 rings (SSSR count). The molecule has 0 unspecified atom stereocenters. The Balaban J connectivity index is 0.000000399. The molecule has 0 bridgehead atoms. The second-order valence-electron chi connectivity index (χ2n) is 5.17. The van der Waals surface area contributed by atoms with E-state index in [1.165, 1.54) is 0 Å². The van der Waals surface area contributed by atoms with E-state index in [0.717, 1.165) is 16.3 Å². The van der Waals surface area contributed by atoms with Gasteiger partial charge in [0, 0.05) is 5.56 Å². The van der Waals surface area contributed by atoms with Gasteiger partial charge in [-0.3, -0.25) is 0 Å². The Kier molecular flexibility index (Phi) is 6.01. The van der Waals surface area contributed by atoms with Gasteiger partial charge in [0.15, 0.2) is 0 Å². The Morgan fingerprint density at radius 3 is 2.04 bits per heavy atom. The molecule has 0 atom stereocenters. The Labute approximate surface area is 144 Å². The van der Waals surface area contributed by atoms with Crippen molar-refractivity contribution in [1.29, 1.82) is 0 Å². The summed E-state index contributed by atoms with van der Waals surface area (Å²) in [4.78, 5) is 21.6.